The van der Waals surface area contributed by atoms with E-state index in [1.54, 1.807) is 6.92 Å². The average Bonchev–Trinajstić information content (AvgIpc) is 2.18. The van der Waals surface area contributed by atoms with Crippen molar-refractivity contribution in [1.29, 1.82) is 0 Å². The molecule has 1 aromatic rings. The SMILES string of the molecule is CCOC(=O)C(F)(F)c1ccnc(C)c1. The van der Waals surface area contributed by atoms with Crippen molar-refractivity contribution in [2.24, 2.45) is 0 Å². The minimum atomic E-state index is -3.61. The molecule has 0 fully saturated rings. The highest BCUT2D eigenvalue weighted by Gasteiger charge is 2.42. The molecule has 0 radical (unpaired) electrons. The molecule has 1 heterocycles. The van der Waals surface area contributed by atoms with Crippen LogP contribution < -0.4 is 0 Å². The first-order valence-corrected chi connectivity index (χ1v) is 4.46. The van der Waals surface area contributed by atoms with Gasteiger partial charge in [-0.3, -0.25) is 4.98 Å². The molecule has 0 saturated carbocycles. The normalized spacial score (nSPS) is 11.2. The molecular formula is C10H11F2NO2. The number of pyridine rings is 1. The highest BCUT2D eigenvalue weighted by atomic mass is 19.3. The van der Waals surface area contributed by atoms with Gasteiger partial charge in [0.15, 0.2) is 0 Å². The summed E-state index contributed by atoms with van der Waals surface area (Å²) >= 11 is 0. The van der Waals surface area contributed by atoms with Crippen LogP contribution in [0, 0.1) is 6.92 Å². The molecular weight excluding hydrogens is 204 g/mol. The van der Waals surface area contributed by atoms with E-state index in [4.69, 9.17) is 0 Å². The molecule has 15 heavy (non-hydrogen) atoms. The Morgan fingerprint density at radius 2 is 2.27 bits per heavy atom. The van der Waals surface area contributed by atoms with Crippen molar-refractivity contribution in [2.45, 2.75) is 19.8 Å². The summed E-state index contributed by atoms with van der Waals surface area (Å²) in [5.41, 5.74) is 0.0323. The maximum absolute atomic E-state index is 13.4. The smallest absolute Gasteiger partial charge is 0.381 e. The zero-order valence-electron chi connectivity index (χ0n) is 8.46. The average molecular weight is 215 g/mol. The number of carbonyl (C=O) groups excluding carboxylic acids is 1. The molecule has 0 N–H and O–H groups in total. The van der Waals surface area contributed by atoms with Crippen LogP contribution in [0.4, 0.5) is 8.78 Å². The third-order valence-corrected chi connectivity index (χ3v) is 1.79. The van der Waals surface area contributed by atoms with Gasteiger partial charge in [0.05, 0.1) is 6.61 Å². The summed E-state index contributed by atoms with van der Waals surface area (Å²) in [5, 5.41) is 0. The van der Waals surface area contributed by atoms with E-state index in [1.807, 2.05) is 0 Å². The van der Waals surface area contributed by atoms with E-state index in [2.05, 4.69) is 9.72 Å². The molecule has 0 aromatic carbocycles. The summed E-state index contributed by atoms with van der Waals surface area (Å²) in [7, 11) is 0. The molecule has 0 aliphatic carbocycles. The molecule has 0 amide bonds. The fourth-order valence-electron chi connectivity index (χ4n) is 1.08. The van der Waals surface area contributed by atoms with E-state index in [-0.39, 0.29) is 6.61 Å². The third-order valence-electron chi connectivity index (χ3n) is 1.79. The number of hydrogen-bond donors (Lipinski definition) is 0. The van der Waals surface area contributed by atoms with E-state index in [0.29, 0.717) is 5.69 Å². The summed E-state index contributed by atoms with van der Waals surface area (Å²) in [4.78, 5) is 14.8. The maximum atomic E-state index is 13.4. The van der Waals surface area contributed by atoms with Gasteiger partial charge in [-0.1, -0.05) is 0 Å². The lowest BCUT2D eigenvalue weighted by molar-refractivity contribution is -0.173. The monoisotopic (exact) mass is 215 g/mol. The molecule has 5 heteroatoms. The number of nitrogens with zero attached hydrogens (tertiary/aromatic N) is 1. The minimum Gasteiger partial charge on any atom is -0.461 e. The Morgan fingerprint density at radius 1 is 1.60 bits per heavy atom. The van der Waals surface area contributed by atoms with Crippen LogP contribution in [0.25, 0.3) is 0 Å². The molecule has 0 atom stereocenters. The number of rotatable bonds is 3. The van der Waals surface area contributed by atoms with Crippen LogP contribution in [0.15, 0.2) is 18.3 Å². The molecule has 0 unspecified atom stereocenters. The zero-order chi connectivity index (χ0) is 11.5. The van der Waals surface area contributed by atoms with Crippen molar-refractivity contribution < 1.29 is 18.3 Å². The van der Waals surface area contributed by atoms with E-state index in [1.165, 1.54) is 13.1 Å². The Kier molecular flexibility index (Phi) is 3.34. The Balaban J connectivity index is 2.99. The van der Waals surface area contributed by atoms with E-state index in [0.717, 1.165) is 12.1 Å². The largest absolute Gasteiger partial charge is 0.461 e. The number of ether oxygens (including phenoxy) is 1. The summed E-state index contributed by atoms with van der Waals surface area (Å²) in [6.45, 7) is 2.98. The second-order valence-corrected chi connectivity index (χ2v) is 2.98. The molecule has 0 bridgehead atoms. The third kappa shape index (κ3) is 2.49. The van der Waals surface area contributed by atoms with Gasteiger partial charge >= 0.3 is 11.9 Å². The number of aryl methyl sites for hydroxylation is 1. The fourth-order valence-corrected chi connectivity index (χ4v) is 1.08. The molecule has 0 aliphatic rings. The predicted molar refractivity (Wildman–Crippen MR) is 49.5 cm³/mol. The van der Waals surface area contributed by atoms with Crippen molar-refractivity contribution in [3.8, 4) is 0 Å². The van der Waals surface area contributed by atoms with Gasteiger partial charge in [-0.2, -0.15) is 8.78 Å². The first-order chi connectivity index (χ1) is 6.98. The topological polar surface area (TPSA) is 39.2 Å². The van der Waals surface area contributed by atoms with Gasteiger partial charge in [0.2, 0.25) is 0 Å². The lowest BCUT2D eigenvalue weighted by Crippen LogP contribution is -2.28. The quantitative estimate of drug-likeness (QED) is 0.724. The van der Waals surface area contributed by atoms with Crippen LogP contribution >= 0.6 is 0 Å². The zero-order valence-corrected chi connectivity index (χ0v) is 8.46. The Morgan fingerprint density at radius 3 is 2.80 bits per heavy atom. The number of carbonyl (C=O) groups is 1. The summed E-state index contributed by atoms with van der Waals surface area (Å²) in [6.07, 6.45) is 1.23. The maximum Gasteiger partial charge on any atom is 0.381 e. The van der Waals surface area contributed by atoms with Gasteiger partial charge in [-0.25, -0.2) is 4.79 Å². The van der Waals surface area contributed by atoms with Gasteiger partial charge in [-0.05, 0) is 26.0 Å². The first kappa shape index (κ1) is 11.6. The lowest BCUT2D eigenvalue weighted by Gasteiger charge is -2.14. The van der Waals surface area contributed by atoms with Crippen molar-refractivity contribution in [1.82, 2.24) is 4.98 Å². The number of halogens is 2. The van der Waals surface area contributed by atoms with Gasteiger partial charge < -0.3 is 4.74 Å². The summed E-state index contributed by atoms with van der Waals surface area (Å²) in [5.74, 6) is -5.14. The number of aromatic nitrogens is 1. The molecule has 0 aliphatic heterocycles. The standard InChI is InChI=1S/C10H11F2NO2/c1-3-15-9(14)10(11,12)8-4-5-13-7(2)6-8/h4-6H,3H2,1-2H3. The number of alkyl halides is 2. The van der Waals surface area contributed by atoms with Gasteiger partial charge in [0.1, 0.15) is 0 Å². The van der Waals surface area contributed by atoms with Crippen LogP contribution in [0.5, 0.6) is 0 Å². The molecule has 0 spiro atoms. The molecule has 1 rings (SSSR count). The van der Waals surface area contributed by atoms with Crippen LogP contribution in [0.2, 0.25) is 0 Å². The highest BCUT2D eigenvalue weighted by molar-refractivity contribution is 5.79. The van der Waals surface area contributed by atoms with E-state index >= 15 is 0 Å². The van der Waals surface area contributed by atoms with Gasteiger partial charge in [-0.15, -0.1) is 0 Å². The van der Waals surface area contributed by atoms with Crippen molar-refractivity contribution >= 4 is 5.97 Å². The van der Waals surface area contributed by atoms with Crippen molar-refractivity contribution in [2.75, 3.05) is 6.61 Å². The second kappa shape index (κ2) is 4.33. The predicted octanol–water partition coefficient (Wildman–Crippen LogP) is 2.04. The highest BCUT2D eigenvalue weighted by Crippen LogP contribution is 2.29. The molecule has 0 saturated heterocycles. The van der Waals surface area contributed by atoms with Gasteiger partial charge in [0, 0.05) is 17.5 Å². The first-order valence-electron chi connectivity index (χ1n) is 4.46. The molecule has 1 aromatic heterocycles. The fraction of sp³-hybridized carbons (Fsp3) is 0.400. The van der Waals surface area contributed by atoms with Gasteiger partial charge in [0.25, 0.3) is 0 Å². The molecule has 82 valence electrons. The second-order valence-electron chi connectivity index (χ2n) is 2.98. The Hall–Kier alpha value is -1.52. The summed E-state index contributed by atoms with van der Waals surface area (Å²) in [6, 6.07) is 2.26. The van der Waals surface area contributed by atoms with Crippen molar-refractivity contribution in [3.63, 3.8) is 0 Å². The lowest BCUT2D eigenvalue weighted by atomic mass is 10.1. The minimum absolute atomic E-state index is 0.0709. The van der Waals surface area contributed by atoms with Crippen LogP contribution in [-0.4, -0.2) is 17.6 Å². The van der Waals surface area contributed by atoms with Crippen LogP contribution in [0.3, 0.4) is 0 Å². The summed E-state index contributed by atoms with van der Waals surface area (Å²) < 4.78 is 31.1. The number of hydrogen-bond acceptors (Lipinski definition) is 3. The number of esters is 1. The van der Waals surface area contributed by atoms with Crippen molar-refractivity contribution in [3.05, 3.63) is 29.6 Å². The van der Waals surface area contributed by atoms with Crippen LogP contribution in [-0.2, 0) is 15.5 Å². The molecule has 3 nitrogen and oxygen atoms in total. The van der Waals surface area contributed by atoms with Crippen LogP contribution in [0.1, 0.15) is 18.2 Å². The van der Waals surface area contributed by atoms with E-state index in [9.17, 15) is 13.6 Å². The Labute approximate surface area is 86.1 Å². The Bertz CT molecular complexity index is 366. The van der Waals surface area contributed by atoms with E-state index < -0.39 is 17.5 Å².